The molecule has 3 N–H and O–H groups in total. The first-order valence-electron chi connectivity index (χ1n) is 8.32. The molecule has 0 amide bonds. The molecule has 5 heteroatoms. The number of anilines is 2. The molecule has 2 aromatic carbocycles. The van der Waals surface area contributed by atoms with Crippen LogP contribution in [0.2, 0.25) is 0 Å². The summed E-state index contributed by atoms with van der Waals surface area (Å²) in [5.74, 6) is 0.979. The summed E-state index contributed by atoms with van der Waals surface area (Å²) in [6.45, 7) is 2.08. The van der Waals surface area contributed by atoms with Gasteiger partial charge in [-0.2, -0.15) is 5.10 Å². The van der Waals surface area contributed by atoms with Crippen LogP contribution in [0.1, 0.15) is 11.1 Å². The molecule has 0 aliphatic carbocycles. The third-order valence-electron chi connectivity index (χ3n) is 4.33. The first-order chi connectivity index (χ1) is 12.2. The molecule has 5 nitrogen and oxygen atoms in total. The fourth-order valence-electron chi connectivity index (χ4n) is 3.08. The van der Waals surface area contributed by atoms with Crippen LogP contribution >= 0.6 is 0 Å². The number of nitrogens with zero attached hydrogens (tertiary/aromatic N) is 2. The molecular formula is C20H23N5. The lowest BCUT2D eigenvalue weighted by Crippen LogP contribution is -2.02. The zero-order valence-corrected chi connectivity index (χ0v) is 14.8. The fourth-order valence-corrected chi connectivity index (χ4v) is 3.08. The number of nitrogens with one attached hydrogen (secondary N) is 3. The second kappa shape index (κ2) is 7.21. The summed E-state index contributed by atoms with van der Waals surface area (Å²) < 4.78 is 1.94. The van der Waals surface area contributed by atoms with E-state index in [-0.39, 0.29) is 0 Å². The molecule has 0 aliphatic heterocycles. The average Bonchev–Trinajstić information content (AvgIpc) is 2.99. The smallest absolute Gasteiger partial charge is 0.133 e. The molecule has 0 atom stereocenters. The van der Waals surface area contributed by atoms with Gasteiger partial charge in [0.15, 0.2) is 0 Å². The van der Waals surface area contributed by atoms with Crippen LogP contribution in [0.15, 0.2) is 48.5 Å². The van der Waals surface area contributed by atoms with Crippen LogP contribution in [0.25, 0.3) is 16.9 Å². The van der Waals surface area contributed by atoms with Gasteiger partial charge in [0, 0.05) is 37.3 Å². The molecule has 1 heterocycles. The van der Waals surface area contributed by atoms with Gasteiger partial charge in [0.25, 0.3) is 0 Å². The Balaban J connectivity index is 2.14. The lowest BCUT2D eigenvalue weighted by Gasteiger charge is -2.09. The molecule has 3 aromatic rings. The normalized spacial score (nSPS) is 10.5. The Morgan fingerprint density at radius 1 is 1.08 bits per heavy atom. The number of para-hydroxylation sites is 1. The first-order valence-corrected chi connectivity index (χ1v) is 8.32. The lowest BCUT2D eigenvalue weighted by molar-refractivity contribution is 0.889. The van der Waals surface area contributed by atoms with Crippen molar-refractivity contribution in [1.29, 1.82) is 5.41 Å². The highest BCUT2D eigenvalue weighted by atomic mass is 15.3. The van der Waals surface area contributed by atoms with Gasteiger partial charge in [-0.05, 0) is 43.0 Å². The van der Waals surface area contributed by atoms with Crippen molar-refractivity contribution in [3.05, 3.63) is 59.7 Å². The standard InChI is InChI=1S/C20H23N5/c1-14-19(16-9-10-18(22-2)15(13-16)11-12-21)24-25(20(14)23-3)17-7-5-4-6-8-17/h4-10,12-13,21-23H,11H2,1-3H3. The molecule has 0 aliphatic rings. The fraction of sp³-hybridized carbons (Fsp3) is 0.200. The Labute approximate surface area is 148 Å². The quantitative estimate of drug-likeness (QED) is 0.594. The van der Waals surface area contributed by atoms with Crippen LogP contribution in [-0.4, -0.2) is 30.1 Å². The van der Waals surface area contributed by atoms with E-state index in [1.165, 1.54) is 6.21 Å². The summed E-state index contributed by atoms with van der Waals surface area (Å²) in [6.07, 6.45) is 2.02. The van der Waals surface area contributed by atoms with E-state index in [1.807, 2.05) is 55.2 Å². The van der Waals surface area contributed by atoms with Crippen LogP contribution in [-0.2, 0) is 6.42 Å². The van der Waals surface area contributed by atoms with Gasteiger partial charge in [0.05, 0.1) is 11.4 Å². The second-order valence-electron chi connectivity index (χ2n) is 5.85. The Bertz CT molecular complexity index is 881. The number of aromatic nitrogens is 2. The van der Waals surface area contributed by atoms with E-state index in [2.05, 4.69) is 29.7 Å². The number of hydrogen-bond acceptors (Lipinski definition) is 4. The van der Waals surface area contributed by atoms with Gasteiger partial charge >= 0.3 is 0 Å². The third kappa shape index (κ3) is 3.13. The monoisotopic (exact) mass is 333 g/mol. The maximum absolute atomic E-state index is 7.43. The first kappa shape index (κ1) is 16.8. The van der Waals surface area contributed by atoms with Crippen molar-refractivity contribution in [3.8, 4) is 16.9 Å². The predicted molar refractivity (Wildman–Crippen MR) is 105 cm³/mol. The SMILES string of the molecule is CNc1ccc(-c2nn(-c3ccccc3)c(NC)c2C)cc1CC=N. The lowest BCUT2D eigenvalue weighted by atomic mass is 10.0. The minimum absolute atomic E-state index is 0.599. The summed E-state index contributed by atoms with van der Waals surface area (Å²) in [4.78, 5) is 0. The van der Waals surface area contributed by atoms with Gasteiger partial charge in [-0.3, -0.25) is 0 Å². The Morgan fingerprint density at radius 2 is 1.84 bits per heavy atom. The highest BCUT2D eigenvalue weighted by Crippen LogP contribution is 2.32. The van der Waals surface area contributed by atoms with Gasteiger partial charge in [0.1, 0.15) is 5.82 Å². The average molecular weight is 333 g/mol. The third-order valence-corrected chi connectivity index (χ3v) is 4.33. The zero-order chi connectivity index (χ0) is 17.8. The largest absolute Gasteiger partial charge is 0.388 e. The van der Waals surface area contributed by atoms with Crippen LogP contribution in [0.5, 0.6) is 0 Å². The Morgan fingerprint density at radius 3 is 2.48 bits per heavy atom. The molecule has 3 rings (SSSR count). The topological polar surface area (TPSA) is 65.7 Å². The van der Waals surface area contributed by atoms with Crippen LogP contribution in [0.4, 0.5) is 11.5 Å². The Hall–Kier alpha value is -3.08. The van der Waals surface area contributed by atoms with Crippen molar-refractivity contribution in [2.75, 3.05) is 24.7 Å². The molecule has 0 saturated carbocycles. The molecule has 0 fully saturated rings. The number of benzene rings is 2. The summed E-state index contributed by atoms with van der Waals surface area (Å²) >= 11 is 0. The summed E-state index contributed by atoms with van der Waals surface area (Å²) in [7, 11) is 3.81. The molecule has 128 valence electrons. The predicted octanol–water partition coefficient (Wildman–Crippen LogP) is 4.12. The van der Waals surface area contributed by atoms with Crippen molar-refractivity contribution >= 4 is 17.7 Å². The molecule has 1 aromatic heterocycles. The van der Waals surface area contributed by atoms with Gasteiger partial charge in [-0.15, -0.1) is 0 Å². The van der Waals surface area contributed by atoms with Gasteiger partial charge in [-0.1, -0.05) is 24.3 Å². The van der Waals surface area contributed by atoms with Crippen LogP contribution < -0.4 is 10.6 Å². The molecular weight excluding hydrogens is 310 g/mol. The molecule has 0 unspecified atom stereocenters. The maximum atomic E-state index is 7.43. The van der Waals surface area contributed by atoms with Crippen molar-refractivity contribution < 1.29 is 0 Å². The maximum Gasteiger partial charge on any atom is 0.133 e. The summed E-state index contributed by atoms with van der Waals surface area (Å²) in [5.41, 5.74) is 6.26. The molecule has 25 heavy (non-hydrogen) atoms. The summed E-state index contributed by atoms with van der Waals surface area (Å²) in [5, 5.41) is 18.7. The number of hydrogen-bond donors (Lipinski definition) is 3. The molecule has 0 radical (unpaired) electrons. The van der Waals surface area contributed by atoms with Crippen LogP contribution in [0.3, 0.4) is 0 Å². The highest BCUT2D eigenvalue weighted by molar-refractivity contribution is 5.75. The van der Waals surface area contributed by atoms with Crippen molar-refractivity contribution in [2.45, 2.75) is 13.3 Å². The van der Waals surface area contributed by atoms with Crippen molar-refractivity contribution in [3.63, 3.8) is 0 Å². The second-order valence-corrected chi connectivity index (χ2v) is 5.85. The molecule has 0 saturated heterocycles. The van der Waals surface area contributed by atoms with Gasteiger partial charge in [0.2, 0.25) is 0 Å². The van der Waals surface area contributed by atoms with Crippen molar-refractivity contribution in [1.82, 2.24) is 9.78 Å². The minimum atomic E-state index is 0.599. The van der Waals surface area contributed by atoms with E-state index in [0.29, 0.717) is 6.42 Å². The number of rotatable bonds is 6. The van der Waals surface area contributed by atoms with E-state index < -0.39 is 0 Å². The molecule has 0 bridgehead atoms. The van der Waals surface area contributed by atoms with E-state index in [9.17, 15) is 0 Å². The van der Waals surface area contributed by atoms with E-state index in [0.717, 1.165) is 39.6 Å². The van der Waals surface area contributed by atoms with Gasteiger partial charge in [-0.25, -0.2) is 4.68 Å². The van der Waals surface area contributed by atoms with E-state index in [4.69, 9.17) is 10.5 Å². The zero-order valence-electron chi connectivity index (χ0n) is 14.8. The van der Waals surface area contributed by atoms with E-state index in [1.54, 1.807) is 0 Å². The summed E-state index contributed by atoms with van der Waals surface area (Å²) in [6, 6.07) is 16.3. The molecule has 0 spiro atoms. The van der Waals surface area contributed by atoms with Gasteiger partial charge < -0.3 is 16.0 Å². The van der Waals surface area contributed by atoms with Crippen LogP contribution in [0, 0.1) is 12.3 Å². The Kier molecular flexibility index (Phi) is 4.84. The van der Waals surface area contributed by atoms with E-state index >= 15 is 0 Å². The highest BCUT2D eigenvalue weighted by Gasteiger charge is 2.16. The van der Waals surface area contributed by atoms with Crippen molar-refractivity contribution in [2.24, 2.45) is 0 Å². The minimum Gasteiger partial charge on any atom is -0.388 e.